The van der Waals surface area contributed by atoms with Crippen LogP contribution in [0.2, 0.25) is 0 Å². The predicted octanol–water partition coefficient (Wildman–Crippen LogP) is 4.18. The Morgan fingerprint density at radius 3 is 2.32 bits per heavy atom. The second kappa shape index (κ2) is 5.98. The smallest absolute Gasteiger partial charge is 0.123 e. The summed E-state index contributed by atoms with van der Waals surface area (Å²) in [5, 5.41) is 9.31. The summed E-state index contributed by atoms with van der Waals surface area (Å²) in [4.78, 5) is 0. The molecule has 0 amide bonds. The zero-order valence-electron chi connectivity index (χ0n) is 11.4. The highest BCUT2D eigenvalue weighted by Crippen LogP contribution is 2.25. The van der Waals surface area contributed by atoms with Crippen LogP contribution in [0, 0.1) is 11.7 Å². The summed E-state index contributed by atoms with van der Waals surface area (Å²) in [6.45, 7) is 4.23. The molecule has 0 fully saturated rings. The van der Waals surface area contributed by atoms with Crippen LogP contribution < -0.4 is 0 Å². The van der Waals surface area contributed by atoms with E-state index in [1.807, 2.05) is 12.1 Å². The van der Waals surface area contributed by atoms with E-state index in [0.717, 1.165) is 17.5 Å². The number of aliphatic hydroxyl groups excluding tert-OH is 1. The van der Waals surface area contributed by atoms with Crippen molar-refractivity contribution in [1.29, 1.82) is 0 Å². The molecule has 1 nitrogen and oxygen atoms in total. The van der Waals surface area contributed by atoms with Gasteiger partial charge in [0.05, 0.1) is 6.61 Å². The first-order valence-corrected chi connectivity index (χ1v) is 6.58. The second-order valence-electron chi connectivity index (χ2n) is 5.25. The van der Waals surface area contributed by atoms with Crippen molar-refractivity contribution in [2.45, 2.75) is 26.9 Å². The number of hydrogen-bond donors (Lipinski definition) is 1. The van der Waals surface area contributed by atoms with Crippen LogP contribution in [0.4, 0.5) is 4.39 Å². The summed E-state index contributed by atoms with van der Waals surface area (Å²) in [5.74, 6) is 0.314. The molecule has 0 saturated carbocycles. The third kappa shape index (κ3) is 3.42. The average Bonchev–Trinajstić information content (AvgIpc) is 2.39. The maximum absolute atomic E-state index is 13.1. The van der Waals surface area contributed by atoms with Crippen molar-refractivity contribution in [1.82, 2.24) is 0 Å². The molecule has 2 aromatic rings. The molecule has 0 heterocycles. The molecule has 2 heteroatoms. The highest BCUT2D eigenvalue weighted by molar-refractivity contribution is 5.67. The van der Waals surface area contributed by atoms with Crippen LogP contribution in [0.15, 0.2) is 42.5 Å². The lowest BCUT2D eigenvalue weighted by atomic mass is 9.96. The van der Waals surface area contributed by atoms with Crippen molar-refractivity contribution in [3.63, 3.8) is 0 Å². The highest BCUT2D eigenvalue weighted by Gasteiger charge is 2.06. The van der Waals surface area contributed by atoms with Crippen LogP contribution >= 0.6 is 0 Å². The molecule has 19 heavy (non-hydrogen) atoms. The molecule has 0 aromatic heterocycles. The van der Waals surface area contributed by atoms with Crippen LogP contribution in [0.5, 0.6) is 0 Å². The Kier molecular flexibility index (Phi) is 4.33. The monoisotopic (exact) mass is 258 g/mol. The van der Waals surface area contributed by atoms with Gasteiger partial charge in [0, 0.05) is 0 Å². The third-order valence-electron chi connectivity index (χ3n) is 3.15. The molecule has 0 spiro atoms. The van der Waals surface area contributed by atoms with E-state index in [1.165, 1.54) is 17.7 Å². The van der Waals surface area contributed by atoms with E-state index in [-0.39, 0.29) is 12.4 Å². The van der Waals surface area contributed by atoms with Crippen molar-refractivity contribution >= 4 is 0 Å². The van der Waals surface area contributed by atoms with Crippen LogP contribution in [-0.2, 0) is 13.0 Å². The minimum Gasteiger partial charge on any atom is -0.392 e. The third-order valence-corrected chi connectivity index (χ3v) is 3.15. The molecule has 0 aliphatic carbocycles. The van der Waals surface area contributed by atoms with Gasteiger partial charge >= 0.3 is 0 Å². The van der Waals surface area contributed by atoms with Crippen LogP contribution in [0.3, 0.4) is 0 Å². The number of halogens is 1. The normalized spacial score (nSPS) is 11.0. The van der Waals surface area contributed by atoms with Gasteiger partial charge in [0.25, 0.3) is 0 Å². The molecule has 0 unspecified atom stereocenters. The topological polar surface area (TPSA) is 20.2 Å². The molecule has 2 rings (SSSR count). The molecule has 0 saturated heterocycles. The van der Waals surface area contributed by atoms with Gasteiger partial charge in [-0.1, -0.05) is 44.2 Å². The summed E-state index contributed by atoms with van der Waals surface area (Å²) in [6.07, 6.45) is 1.05. The number of hydrogen-bond acceptors (Lipinski definition) is 1. The molecular formula is C17H19FO. The number of benzene rings is 2. The SMILES string of the molecule is CC(C)Cc1ccc(-c2ccc(F)cc2CO)cc1. The van der Waals surface area contributed by atoms with E-state index >= 15 is 0 Å². The van der Waals surface area contributed by atoms with E-state index in [9.17, 15) is 9.50 Å². The fourth-order valence-electron chi connectivity index (χ4n) is 2.27. The lowest BCUT2D eigenvalue weighted by Crippen LogP contribution is -1.94. The summed E-state index contributed by atoms with van der Waals surface area (Å²) in [6, 6.07) is 12.8. The van der Waals surface area contributed by atoms with E-state index in [4.69, 9.17) is 0 Å². The van der Waals surface area contributed by atoms with E-state index < -0.39 is 0 Å². The fraction of sp³-hybridized carbons (Fsp3) is 0.294. The summed E-state index contributed by atoms with van der Waals surface area (Å²) in [5.41, 5.74) is 3.82. The summed E-state index contributed by atoms with van der Waals surface area (Å²) >= 11 is 0. The molecule has 1 N–H and O–H groups in total. The van der Waals surface area contributed by atoms with Crippen LogP contribution in [0.1, 0.15) is 25.0 Å². The largest absolute Gasteiger partial charge is 0.392 e. The van der Waals surface area contributed by atoms with Gasteiger partial charge in [0.1, 0.15) is 5.82 Å². The molecule has 2 aromatic carbocycles. The first kappa shape index (κ1) is 13.8. The van der Waals surface area contributed by atoms with E-state index in [0.29, 0.717) is 11.5 Å². The highest BCUT2D eigenvalue weighted by atomic mass is 19.1. The maximum Gasteiger partial charge on any atom is 0.123 e. The minimum absolute atomic E-state index is 0.152. The summed E-state index contributed by atoms with van der Waals surface area (Å²) < 4.78 is 13.1. The van der Waals surface area contributed by atoms with Gasteiger partial charge in [-0.2, -0.15) is 0 Å². The Labute approximate surface area is 113 Å². The van der Waals surface area contributed by atoms with Gasteiger partial charge in [0.2, 0.25) is 0 Å². The van der Waals surface area contributed by atoms with Gasteiger partial charge in [-0.15, -0.1) is 0 Å². The Hall–Kier alpha value is -1.67. The first-order chi connectivity index (χ1) is 9.10. The molecule has 0 atom stereocenters. The fourth-order valence-corrected chi connectivity index (χ4v) is 2.27. The van der Waals surface area contributed by atoms with Crippen molar-refractivity contribution in [2.75, 3.05) is 0 Å². The predicted molar refractivity (Wildman–Crippen MR) is 76.3 cm³/mol. The van der Waals surface area contributed by atoms with Crippen molar-refractivity contribution in [2.24, 2.45) is 5.92 Å². The average molecular weight is 258 g/mol. The molecule has 0 aliphatic rings. The Morgan fingerprint density at radius 1 is 1.05 bits per heavy atom. The van der Waals surface area contributed by atoms with Crippen LogP contribution in [0.25, 0.3) is 11.1 Å². The zero-order chi connectivity index (χ0) is 13.8. The second-order valence-corrected chi connectivity index (χ2v) is 5.25. The van der Waals surface area contributed by atoms with Gasteiger partial charge in [-0.3, -0.25) is 0 Å². The summed E-state index contributed by atoms with van der Waals surface area (Å²) in [7, 11) is 0. The van der Waals surface area contributed by atoms with E-state index in [2.05, 4.69) is 26.0 Å². The minimum atomic E-state index is -0.316. The number of rotatable bonds is 4. The Balaban J connectivity index is 2.32. The number of aliphatic hydroxyl groups is 1. The standard InChI is InChI=1S/C17H19FO/c1-12(2)9-13-3-5-14(6-4-13)17-8-7-16(18)10-15(17)11-19/h3-8,10,12,19H,9,11H2,1-2H3. The van der Waals surface area contributed by atoms with Gasteiger partial charge in [-0.05, 0) is 46.7 Å². The molecular weight excluding hydrogens is 239 g/mol. The lowest BCUT2D eigenvalue weighted by molar-refractivity contribution is 0.282. The van der Waals surface area contributed by atoms with Crippen molar-refractivity contribution in [3.05, 3.63) is 59.4 Å². The van der Waals surface area contributed by atoms with Gasteiger partial charge in [0.15, 0.2) is 0 Å². The molecule has 0 radical (unpaired) electrons. The zero-order valence-corrected chi connectivity index (χ0v) is 11.4. The lowest BCUT2D eigenvalue weighted by Gasteiger charge is -2.10. The van der Waals surface area contributed by atoms with Crippen molar-refractivity contribution in [3.8, 4) is 11.1 Å². The van der Waals surface area contributed by atoms with E-state index in [1.54, 1.807) is 6.07 Å². The quantitative estimate of drug-likeness (QED) is 0.872. The van der Waals surface area contributed by atoms with Gasteiger partial charge in [-0.25, -0.2) is 4.39 Å². The van der Waals surface area contributed by atoms with Crippen molar-refractivity contribution < 1.29 is 9.50 Å². The van der Waals surface area contributed by atoms with Gasteiger partial charge < -0.3 is 5.11 Å². The Morgan fingerprint density at radius 2 is 1.74 bits per heavy atom. The maximum atomic E-state index is 13.1. The Bertz CT molecular complexity index is 544. The molecule has 0 aliphatic heterocycles. The molecule has 0 bridgehead atoms. The molecule has 100 valence electrons. The van der Waals surface area contributed by atoms with Crippen LogP contribution in [-0.4, -0.2) is 5.11 Å². The first-order valence-electron chi connectivity index (χ1n) is 6.58.